The Hall–Kier alpha value is -2.71. The van der Waals surface area contributed by atoms with E-state index in [0.29, 0.717) is 24.2 Å². The summed E-state index contributed by atoms with van der Waals surface area (Å²) in [7, 11) is 0. The number of urea groups is 1. The Kier molecular flexibility index (Phi) is 5.85. The van der Waals surface area contributed by atoms with Crippen LogP contribution >= 0.6 is 23.2 Å². The number of aromatic nitrogens is 1. The monoisotopic (exact) mass is 466 g/mol. The Morgan fingerprint density at radius 1 is 1.35 bits per heavy atom. The molecule has 31 heavy (non-hydrogen) atoms. The Bertz CT molecular complexity index is 1150. The number of fused-ring (bicyclic) bond motifs is 1. The summed E-state index contributed by atoms with van der Waals surface area (Å²) >= 11 is 12.3. The van der Waals surface area contributed by atoms with Gasteiger partial charge in [0.25, 0.3) is 0 Å². The van der Waals surface area contributed by atoms with Crippen LogP contribution in [-0.4, -0.2) is 29.0 Å². The second-order valence-corrected chi connectivity index (χ2v) is 8.31. The number of carbonyl (C=O) groups excluding carboxylic acids is 1. The van der Waals surface area contributed by atoms with Gasteiger partial charge in [-0.1, -0.05) is 23.2 Å². The number of benzene rings is 1. The third kappa shape index (κ3) is 3.97. The molecule has 0 radical (unpaired) electrons. The van der Waals surface area contributed by atoms with Gasteiger partial charge in [-0.15, -0.1) is 0 Å². The van der Waals surface area contributed by atoms with Crippen LogP contribution in [0.15, 0.2) is 29.0 Å². The van der Waals surface area contributed by atoms with Crippen LogP contribution in [0.2, 0.25) is 10.0 Å². The number of halogens is 3. The third-order valence-corrected chi connectivity index (χ3v) is 6.37. The van der Waals surface area contributed by atoms with Crippen molar-refractivity contribution in [1.82, 2.24) is 9.88 Å². The lowest BCUT2D eigenvalue weighted by atomic mass is 9.89. The first-order chi connectivity index (χ1) is 14.8. The molecule has 1 aromatic carbocycles. The number of nitrogens with two attached hydrogens (primary N) is 2. The van der Waals surface area contributed by atoms with Gasteiger partial charge in [0, 0.05) is 40.8 Å². The first-order valence-corrected chi connectivity index (χ1v) is 10.5. The highest BCUT2D eigenvalue weighted by atomic mass is 35.5. The Balaban J connectivity index is 1.65. The molecule has 1 unspecified atom stereocenters. The number of carbonyl (C=O) groups is 1. The molecule has 4 rings (SSSR count). The van der Waals surface area contributed by atoms with Crippen LogP contribution in [0.1, 0.15) is 42.9 Å². The van der Waals surface area contributed by atoms with Gasteiger partial charge in [0.1, 0.15) is 11.9 Å². The number of rotatable bonds is 4. The standard InChI is InChI=1S/C21H21Cl2FN4O3/c1-10(16-14(22)2-3-15(24)17(16)23)31-19-18-12(8-27-20(19)25)13(9-30-18)11-4-6-28(7-5-11)21(26)29/h2-3,8-11H,4-7H2,1H3,(H2,25,27)(H2,26,29). The molecule has 0 bridgehead atoms. The molecule has 2 aromatic heterocycles. The van der Waals surface area contributed by atoms with Gasteiger partial charge in [-0.3, -0.25) is 0 Å². The lowest BCUT2D eigenvalue weighted by molar-refractivity contribution is 0.190. The molecule has 10 heteroatoms. The number of nitrogens with zero attached hydrogens (tertiary/aromatic N) is 2. The highest BCUT2D eigenvalue weighted by molar-refractivity contribution is 6.36. The number of pyridine rings is 1. The van der Waals surface area contributed by atoms with Crippen molar-refractivity contribution in [2.45, 2.75) is 31.8 Å². The van der Waals surface area contributed by atoms with Crippen molar-refractivity contribution < 1.29 is 18.3 Å². The lowest BCUT2D eigenvalue weighted by Gasteiger charge is -2.30. The molecule has 3 aromatic rings. The number of piperidine rings is 1. The number of likely N-dealkylation sites (tertiary alicyclic amines) is 1. The summed E-state index contributed by atoms with van der Waals surface area (Å²) < 4.78 is 25.8. The third-order valence-electron chi connectivity index (χ3n) is 5.66. The summed E-state index contributed by atoms with van der Waals surface area (Å²) in [6, 6.07) is 2.20. The van der Waals surface area contributed by atoms with Crippen LogP contribution in [0.4, 0.5) is 15.0 Å². The number of hydrogen-bond donors (Lipinski definition) is 2. The van der Waals surface area contributed by atoms with Crippen molar-refractivity contribution in [3.63, 3.8) is 0 Å². The van der Waals surface area contributed by atoms with Gasteiger partial charge in [0.15, 0.2) is 11.4 Å². The summed E-state index contributed by atoms with van der Waals surface area (Å²) in [6.07, 6.45) is 4.10. The fourth-order valence-electron chi connectivity index (χ4n) is 3.99. The van der Waals surface area contributed by atoms with E-state index >= 15 is 0 Å². The summed E-state index contributed by atoms with van der Waals surface area (Å²) in [5, 5.41) is 0.935. The second kappa shape index (κ2) is 8.43. The zero-order valence-electron chi connectivity index (χ0n) is 16.7. The zero-order chi connectivity index (χ0) is 22.3. The van der Waals surface area contributed by atoms with Gasteiger partial charge in [0.2, 0.25) is 5.75 Å². The summed E-state index contributed by atoms with van der Waals surface area (Å²) in [6.45, 7) is 2.84. The predicted molar refractivity (Wildman–Crippen MR) is 117 cm³/mol. The van der Waals surface area contributed by atoms with Gasteiger partial charge >= 0.3 is 6.03 Å². The second-order valence-electron chi connectivity index (χ2n) is 7.52. The van der Waals surface area contributed by atoms with E-state index in [9.17, 15) is 9.18 Å². The Morgan fingerprint density at radius 2 is 2.06 bits per heavy atom. The maximum atomic E-state index is 13.9. The molecule has 7 nitrogen and oxygen atoms in total. The molecule has 1 aliphatic rings. The molecule has 3 heterocycles. The van der Waals surface area contributed by atoms with E-state index in [-0.39, 0.29) is 27.5 Å². The average molecular weight is 467 g/mol. The van der Waals surface area contributed by atoms with Crippen molar-refractivity contribution in [2.24, 2.45) is 5.73 Å². The molecule has 1 fully saturated rings. The van der Waals surface area contributed by atoms with Crippen molar-refractivity contribution in [1.29, 1.82) is 0 Å². The van der Waals surface area contributed by atoms with Crippen LogP contribution in [0.5, 0.6) is 5.75 Å². The van der Waals surface area contributed by atoms with E-state index in [1.165, 1.54) is 12.1 Å². The number of primary amides is 1. The molecule has 0 spiro atoms. The van der Waals surface area contributed by atoms with Crippen molar-refractivity contribution >= 4 is 46.0 Å². The van der Waals surface area contributed by atoms with Crippen molar-refractivity contribution in [2.75, 3.05) is 18.8 Å². The van der Waals surface area contributed by atoms with Gasteiger partial charge in [-0.05, 0) is 37.8 Å². The first-order valence-electron chi connectivity index (χ1n) is 9.78. The lowest BCUT2D eigenvalue weighted by Crippen LogP contribution is -2.41. The SMILES string of the molecule is CC(Oc1c(N)ncc2c(C3CCN(C(N)=O)CC3)coc12)c1c(Cl)ccc(F)c1Cl. The van der Waals surface area contributed by atoms with Crippen molar-refractivity contribution in [3.05, 3.63) is 51.6 Å². The number of furan rings is 1. The number of hydrogen-bond acceptors (Lipinski definition) is 5. The molecule has 0 saturated carbocycles. The number of anilines is 1. The fourth-order valence-corrected chi connectivity index (χ4v) is 4.67. The van der Waals surface area contributed by atoms with Crippen LogP contribution in [0.25, 0.3) is 11.0 Å². The van der Waals surface area contributed by atoms with Gasteiger partial charge < -0.3 is 25.5 Å². The molecule has 1 atom stereocenters. The normalized spacial score (nSPS) is 15.9. The molecule has 1 aliphatic heterocycles. The summed E-state index contributed by atoms with van der Waals surface area (Å²) in [5.41, 5.74) is 13.1. The van der Waals surface area contributed by atoms with E-state index in [2.05, 4.69) is 4.98 Å². The smallest absolute Gasteiger partial charge is 0.314 e. The first kappa shape index (κ1) is 21.5. The maximum absolute atomic E-state index is 13.9. The van der Waals surface area contributed by atoms with Gasteiger partial charge in [0.05, 0.1) is 11.3 Å². The topological polar surface area (TPSA) is 108 Å². The largest absolute Gasteiger partial charge is 0.478 e. The number of ether oxygens (including phenoxy) is 1. The maximum Gasteiger partial charge on any atom is 0.314 e. The highest BCUT2D eigenvalue weighted by Crippen LogP contribution is 2.42. The van der Waals surface area contributed by atoms with Gasteiger partial charge in [-0.25, -0.2) is 14.2 Å². The predicted octanol–water partition coefficient (Wildman–Crippen LogP) is 5.25. The minimum Gasteiger partial charge on any atom is -0.478 e. The number of amides is 2. The van der Waals surface area contributed by atoms with E-state index in [1.807, 2.05) is 0 Å². The minimum atomic E-state index is -0.710. The van der Waals surface area contributed by atoms with E-state index in [4.69, 9.17) is 43.8 Å². The number of nitrogen functional groups attached to an aromatic ring is 1. The van der Waals surface area contributed by atoms with Crippen LogP contribution < -0.4 is 16.2 Å². The van der Waals surface area contributed by atoms with Crippen LogP contribution in [0.3, 0.4) is 0 Å². The minimum absolute atomic E-state index is 0.111. The van der Waals surface area contributed by atoms with E-state index < -0.39 is 18.0 Å². The fraction of sp³-hybridized carbons (Fsp3) is 0.333. The Morgan fingerprint density at radius 3 is 2.74 bits per heavy atom. The van der Waals surface area contributed by atoms with Gasteiger partial charge in [-0.2, -0.15) is 0 Å². The molecule has 1 saturated heterocycles. The van der Waals surface area contributed by atoms with E-state index in [0.717, 1.165) is 23.8 Å². The quantitative estimate of drug-likeness (QED) is 0.510. The van der Waals surface area contributed by atoms with E-state index in [1.54, 1.807) is 24.3 Å². The Labute approximate surface area is 188 Å². The average Bonchev–Trinajstić information content (AvgIpc) is 3.17. The molecular formula is C21H21Cl2FN4O3. The molecular weight excluding hydrogens is 446 g/mol. The molecule has 4 N–H and O–H groups in total. The van der Waals surface area contributed by atoms with Crippen LogP contribution in [0, 0.1) is 5.82 Å². The zero-order valence-corrected chi connectivity index (χ0v) is 18.2. The molecule has 2 amide bonds. The highest BCUT2D eigenvalue weighted by Gasteiger charge is 2.27. The molecule has 164 valence electrons. The molecule has 0 aliphatic carbocycles. The van der Waals surface area contributed by atoms with Crippen molar-refractivity contribution in [3.8, 4) is 5.75 Å². The summed E-state index contributed by atoms with van der Waals surface area (Å²) in [5.74, 6) is -0.0438. The summed E-state index contributed by atoms with van der Waals surface area (Å²) in [4.78, 5) is 17.3. The van der Waals surface area contributed by atoms with Crippen LogP contribution in [-0.2, 0) is 0 Å².